The first-order valence-corrected chi connectivity index (χ1v) is 9.22. The average molecular weight is 321 g/mol. The van der Waals surface area contributed by atoms with E-state index in [1.54, 1.807) is 0 Å². The van der Waals surface area contributed by atoms with Gasteiger partial charge in [0, 0.05) is 5.41 Å². The number of fused-ring (bicyclic) bond motifs is 1. The van der Waals surface area contributed by atoms with E-state index in [-0.39, 0.29) is 11.5 Å². The lowest BCUT2D eigenvalue weighted by molar-refractivity contribution is 0.0150. The van der Waals surface area contributed by atoms with Gasteiger partial charge in [-0.15, -0.1) is 0 Å². The molecule has 2 N–H and O–H groups in total. The normalized spacial score (nSPS) is 22.1. The summed E-state index contributed by atoms with van der Waals surface area (Å²) in [4.78, 5) is 0. The minimum absolute atomic E-state index is 0.0593. The minimum atomic E-state index is -0.319. The molecule has 4 rings (SSSR count). The van der Waals surface area contributed by atoms with Crippen molar-refractivity contribution in [3.05, 3.63) is 59.2 Å². The van der Waals surface area contributed by atoms with Crippen LogP contribution in [0.3, 0.4) is 0 Å². The van der Waals surface area contributed by atoms with Crippen LogP contribution >= 0.6 is 0 Å². The molecule has 2 aromatic carbocycles. The molecule has 1 heterocycles. The first kappa shape index (κ1) is 15.9. The second-order valence-corrected chi connectivity index (χ2v) is 7.85. The van der Waals surface area contributed by atoms with Gasteiger partial charge in [0.1, 0.15) is 0 Å². The van der Waals surface area contributed by atoms with E-state index < -0.39 is 0 Å². The molecule has 0 radical (unpaired) electrons. The van der Waals surface area contributed by atoms with Crippen LogP contribution in [0.15, 0.2) is 42.5 Å². The molecule has 1 spiro atoms. The third kappa shape index (κ3) is 2.49. The molecule has 1 aliphatic heterocycles. The smallest absolute Gasteiger partial charge is 0.0853 e. The summed E-state index contributed by atoms with van der Waals surface area (Å²) in [7, 11) is 0. The molecule has 1 unspecified atom stereocenters. The Hall–Kier alpha value is -1.64. The van der Waals surface area contributed by atoms with Gasteiger partial charge in [0.05, 0.1) is 6.10 Å². The number of hydrogen-bond acceptors (Lipinski definition) is 2. The Labute approximate surface area is 144 Å². The van der Waals surface area contributed by atoms with E-state index in [1.165, 1.54) is 22.3 Å². The molecule has 1 aliphatic carbocycles. The fourth-order valence-corrected chi connectivity index (χ4v) is 4.62. The largest absolute Gasteiger partial charge is 0.388 e. The molecule has 1 fully saturated rings. The quantitative estimate of drug-likeness (QED) is 0.857. The van der Waals surface area contributed by atoms with Crippen LogP contribution in [0, 0.1) is 5.41 Å². The lowest BCUT2D eigenvalue weighted by Gasteiger charge is -2.37. The molecule has 1 saturated heterocycles. The summed E-state index contributed by atoms with van der Waals surface area (Å²) < 4.78 is 0. The summed E-state index contributed by atoms with van der Waals surface area (Å²) in [5, 5.41) is 14.5. The molecule has 126 valence electrons. The summed E-state index contributed by atoms with van der Waals surface area (Å²) >= 11 is 0. The van der Waals surface area contributed by atoms with Crippen LogP contribution in [0.5, 0.6) is 0 Å². The minimum Gasteiger partial charge on any atom is -0.388 e. The Morgan fingerprint density at radius 2 is 1.83 bits per heavy atom. The van der Waals surface area contributed by atoms with Crippen molar-refractivity contribution in [3.63, 3.8) is 0 Å². The highest BCUT2D eigenvalue weighted by atomic mass is 16.3. The van der Waals surface area contributed by atoms with E-state index in [2.05, 4.69) is 61.6 Å². The summed E-state index contributed by atoms with van der Waals surface area (Å²) in [6, 6.07) is 15.4. The molecular formula is C22H27NO. The van der Waals surface area contributed by atoms with Crippen molar-refractivity contribution >= 4 is 0 Å². The number of aliphatic hydroxyl groups is 1. The molecule has 2 heteroatoms. The Kier molecular flexibility index (Phi) is 3.98. The zero-order valence-electron chi connectivity index (χ0n) is 14.7. The third-order valence-electron chi connectivity index (χ3n) is 6.06. The molecule has 0 aromatic heterocycles. The van der Waals surface area contributed by atoms with E-state index in [0.717, 1.165) is 37.9 Å². The third-order valence-corrected chi connectivity index (χ3v) is 6.06. The number of hydrogen-bond donors (Lipinski definition) is 2. The van der Waals surface area contributed by atoms with Gasteiger partial charge >= 0.3 is 0 Å². The summed E-state index contributed by atoms with van der Waals surface area (Å²) in [5.41, 5.74) is 6.48. The van der Waals surface area contributed by atoms with Crippen molar-refractivity contribution in [1.29, 1.82) is 0 Å². The SMILES string of the molecule is CC(C)c1ccccc1-c1ccc2c(c1)C(O)C1(CCNCC1)C2. The molecule has 0 amide bonds. The maximum atomic E-state index is 11.1. The average Bonchev–Trinajstić information content (AvgIpc) is 2.87. The Morgan fingerprint density at radius 1 is 1.08 bits per heavy atom. The van der Waals surface area contributed by atoms with Crippen molar-refractivity contribution in [2.75, 3.05) is 13.1 Å². The van der Waals surface area contributed by atoms with Crippen LogP contribution in [0.1, 0.15) is 55.4 Å². The Morgan fingerprint density at radius 3 is 2.58 bits per heavy atom. The molecule has 2 aromatic rings. The van der Waals surface area contributed by atoms with E-state index in [1.807, 2.05) is 0 Å². The van der Waals surface area contributed by atoms with Crippen molar-refractivity contribution in [2.45, 2.75) is 45.1 Å². The molecule has 2 nitrogen and oxygen atoms in total. The molecular weight excluding hydrogens is 294 g/mol. The number of nitrogens with one attached hydrogen (secondary N) is 1. The summed E-state index contributed by atoms with van der Waals surface area (Å²) in [5.74, 6) is 0.495. The van der Waals surface area contributed by atoms with Crippen LogP contribution < -0.4 is 5.32 Å². The maximum absolute atomic E-state index is 11.1. The lowest BCUT2D eigenvalue weighted by Crippen LogP contribution is -2.39. The fraction of sp³-hybridized carbons (Fsp3) is 0.455. The molecule has 0 bridgehead atoms. The zero-order valence-corrected chi connectivity index (χ0v) is 14.7. The van der Waals surface area contributed by atoms with Gasteiger partial charge in [-0.3, -0.25) is 0 Å². The fourth-order valence-electron chi connectivity index (χ4n) is 4.62. The van der Waals surface area contributed by atoms with Gasteiger partial charge in [-0.25, -0.2) is 0 Å². The van der Waals surface area contributed by atoms with Crippen LogP contribution in [0.25, 0.3) is 11.1 Å². The van der Waals surface area contributed by atoms with Crippen LogP contribution in [0.2, 0.25) is 0 Å². The Balaban J connectivity index is 1.74. The van der Waals surface area contributed by atoms with E-state index in [9.17, 15) is 5.11 Å². The van der Waals surface area contributed by atoms with Crippen molar-refractivity contribution < 1.29 is 5.11 Å². The molecule has 24 heavy (non-hydrogen) atoms. The topological polar surface area (TPSA) is 32.3 Å². The maximum Gasteiger partial charge on any atom is 0.0853 e. The van der Waals surface area contributed by atoms with Crippen LogP contribution in [0.4, 0.5) is 0 Å². The van der Waals surface area contributed by atoms with Gasteiger partial charge < -0.3 is 10.4 Å². The summed E-state index contributed by atoms with van der Waals surface area (Å²) in [6.45, 7) is 6.53. The Bertz CT molecular complexity index is 743. The van der Waals surface area contributed by atoms with Gasteiger partial charge in [0.2, 0.25) is 0 Å². The molecule has 0 saturated carbocycles. The molecule has 1 atom stereocenters. The summed E-state index contributed by atoms with van der Waals surface area (Å²) in [6.07, 6.45) is 2.85. The van der Waals surface area contributed by atoms with E-state index in [0.29, 0.717) is 5.92 Å². The predicted molar refractivity (Wildman–Crippen MR) is 99.2 cm³/mol. The highest BCUT2D eigenvalue weighted by Crippen LogP contribution is 2.51. The first-order chi connectivity index (χ1) is 11.6. The van der Waals surface area contributed by atoms with Crippen molar-refractivity contribution in [1.82, 2.24) is 5.32 Å². The van der Waals surface area contributed by atoms with Gasteiger partial charge in [0.25, 0.3) is 0 Å². The standard InChI is InChI=1S/C22H27NO/c1-15(2)18-5-3-4-6-19(18)16-7-8-17-14-22(9-11-23-12-10-22)21(24)20(17)13-16/h3-8,13,15,21,23-24H,9-12,14H2,1-2H3. The van der Waals surface area contributed by atoms with E-state index in [4.69, 9.17) is 0 Å². The van der Waals surface area contributed by atoms with Gasteiger partial charge in [0.15, 0.2) is 0 Å². The molecule has 2 aliphatic rings. The van der Waals surface area contributed by atoms with E-state index >= 15 is 0 Å². The van der Waals surface area contributed by atoms with Crippen LogP contribution in [-0.2, 0) is 6.42 Å². The lowest BCUT2D eigenvalue weighted by atomic mass is 9.74. The first-order valence-electron chi connectivity index (χ1n) is 9.22. The van der Waals surface area contributed by atoms with Gasteiger partial charge in [-0.2, -0.15) is 0 Å². The van der Waals surface area contributed by atoms with Crippen LogP contribution in [-0.4, -0.2) is 18.2 Å². The zero-order chi connectivity index (χ0) is 16.7. The van der Waals surface area contributed by atoms with Gasteiger partial charge in [-0.1, -0.05) is 50.2 Å². The second-order valence-electron chi connectivity index (χ2n) is 7.85. The highest BCUT2D eigenvalue weighted by molar-refractivity contribution is 5.70. The number of piperidine rings is 1. The van der Waals surface area contributed by atoms with Gasteiger partial charge in [-0.05, 0) is 72.2 Å². The number of benzene rings is 2. The van der Waals surface area contributed by atoms with Crippen molar-refractivity contribution in [3.8, 4) is 11.1 Å². The predicted octanol–water partition coefficient (Wildman–Crippen LogP) is 4.44. The number of aliphatic hydroxyl groups excluding tert-OH is 1. The second kappa shape index (κ2) is 6.02. The highest BCUT2D eigenvalue weighted by Gasteiger charge is 2.45. The monoisotopic (exact) mass is 321 g/mol. The number of rotatable bonds is 2. The van der Waals surface area contributed by atoms with Crippen molar-refractivity contribution in [2.24, 2.45) is 5.41 Å².